The zero-order valence-electron chi connectivity index (χ0n) is 13.6. The van der Waals surface area contributed by atoms with Gasteiger partial charge in [-0.3, -0.25) is 4.79 Å². The van der Waals surface area contributed by atoms with E-state index in [0.717, 1.165) is 34.7 Å². The van der Waals surface area contributed by atoms with E-state index >= 15 is 0 Å². The quantitative estimate of drug-likeness (QED) is 0.937. The average Bonchev–Trinajstić information content (AvgIpc) is 3.09. The fourth-order valence-electron chi connectivity index (χ4n) is 3.81. The number of hydrogen-bond acceptors (Lipinski definition) is 5. The maximum absolute atomic E-state index is 12.6. The third-order valence-corrected chi connectivity index (χ3v) is 5.88. The van der Waals surface area contributed by atoms with Crippen LogP contribution in [-0.2, 0) is 0 Å². The zero-order valence-corrected chi connectivity index (χ0v) is 14.4. The molecule has 2 saturated heterocycles. The van der Waals surface area contributed by atoms with E-state index in [1.807, 2.05) is 26.4 Å². The summed E-state index contributed by atoms with van der Waals surface area (Å²) in [5.41, 5.74) is 1.66. The van der Waals surface area contributed by atoms with Gasteiger partial charge in [0.15, 0.2) is 0 Å². The van der Waals surface area contributed by atoms with Gasteiger partial charge in [-0.25, -0.2) is 4.98 Å². The van der Waals surface area contributed by atoms with Crippen LogP contribution in [0.25, 0.3) is 10.1 Å². The van der Waals surface area contributed by atoms with E-state index in [-0.39, 0.29) is 11.9 Å². The number of hydrogen-bond donors (Lipinski definition) is 1. The second-order valence-corrected chi connectivity index (χ2v) is 7.81. The Bertz CT molecular complexity index is 729. The summed E-state index contributed by atoms with van der Waals surface area (Å²) in [7, 11) is 4.04. The number of nitrogens with one attached hydrogen (secondary N) is 1. The topological polar surface area (TPSA) is 48.5 Å². The van der Waals surface area contributed by atoms with E-state index in [1.165, 1.54) is 19.5 Å². The Morgan fingerprint density at radius 1 is 1.43 bits per heavy atom. The van der Waals surface area contributed by atoms with Crippen LogP contribution in [0.5, 0.6) is 0 Å². The predicted molar refractivity (Wildman–Crippen MR) is 94.4 cm³/mol. The molecule has 1 unspecified atom stereocenters. The van der Waals surface area contributed by atoms with E-state index in [4.69, 9.17) is 0 Å². The van der Waals surface area contributed by atoms with Crippen molar-refractivity contribution >= 4 is 33.0 Å². The van der Waals surface area contributed by atoms with Gasteiger partial charge in [0.25, 0.3) is 5.91 Å². The number of nitrogens with zero attached hydrogens (tertiary/aromatic N) is 3. The summed E-state index contributed by atoms with van der Waals surface area (Å²) >= 11 is 1.66. The number of carbonyl (C=O) groups excluding carboxylic acids is 1. The molecule has 2 aromatic rings. The molecule has 2 aliphatic rings. The molecule has 1 N–H and O–H groups in total. The van der Waals surface area contributed by atoms with Gasteiger partial charge in [0.1, 0.15) is 5.69 Å². The minimum atomic E-state index is -0.0460. The van der Waals surface area contributed by atoms with Crippen LogP contribution >= 0.6 is 11.3 Å². The Labute approximate surface area is 140 Å². The SMILES string of the molecule is CN(C)c1csc2cnc(C(=O)N[C@@H]3C[C@@H]4CCN(C4)C3)cc12. The van der Waals surface area contributed by atoms with Crippen LogP contribution in [0.15, 0.2) is 17.6 Å². The van der Waals surface area contributed by atoms with Gasteiger partial charge in [0.2, 0.25) is 0 Å². The summed E-state index contributed by atoms with van der Waals surface area (Å²) in [5, 5.41) is 6.40. The van der Waals surface area contributed by atoms with E-state index < -0.39 is 0 Å². The number of piperidine rings is 1. The van der Waals surface area contributed by atoms with Crippen LogP contribution in [0.1, 0.15) is 23.3 Å². The number of fused-ring (bicyclic) bond motifs is 3. The largest absolute Gasteiger partial charge is 0.376 e. The lowest BCUT2D eigenvalue weighted by atomic mass is 9.97. The third kappa shape index (κ3) is 2.81. The van der Waals surface area contributed by atoms with Gasteiger partial charge in [-0.05, 0) is 31.4 Å². The fourth-order valence-corrected chi connectivity index (χ4v) is 4.79. The molecule has 5 nitrogen and oxygen atoms in total. The maximum atomic E-state index is 12.6. The molecular weight excluding hydrogens is 308 g/mol. The van der Waals surface area contributed by atoms with Gasteiger partial charge in [0, 0.05) is 50.2 Å². The molecule has 23 heavy (non-hydrogen) atoms. The highest BCUT2D eigenvalue weighted by Gasteiger charge is 2.33. The van der Waals surface area contributed by atoms with Crippen LogP contribution in [0.2, 0.25) is 0 Å². The minimum absolute atomic E-state index is 0.0460. The average molecular weight is 330 g/mol. The number of rotatable bonds is 3. The fraction of sp³-hybridized carbons (Fsp3) is 0.529. The molecule has 2 aromatic heterocycles. The van der Waals surface area contributed by atoms with Gasteiger partial charge in [0.05, 0.1) is 10.4 Å². The highest BCUT2D eigenvalue weighted by Crippen LogP contribution is 2.32. The molecule has 2 fully saturated rings. The van der Waals surface area contributed by atoms with E-state index in [2.05, 4.69) is 25.5 Å². The lowest BCUT2D eigenvalue weighted by Crippen LogP contribution is -2.47. The van der Waals surface area contributed by atoms with Crippen molar-refractivity contribution < 1.29 is 4.79 Å². The smallest absolute Gasteiger partial charge is 0.270 e. The lowest BCUT2D eigenvalue weighted by Gasteiger charge is -2.30. The first-order valence-corrected chi connectivity index (χ1v) is 9.06. The number of amides is 1. The second-order valence-electron chi connectivity index (χ2n) is 6.90. The van der Waals surface area contributed by atoms with Crippen LogP contribution < -0.4 is 10.2 Å². The van der Waals surface area contributed by atoms with Crippen LogP contribution in [0, 0.1) is 5.92 Å². The van der Waals surface area contributed by atoms with Crippen molar-refractivity contribution in [2.75, 3.05) is 38.6 Å². The zero-order chi connectivity index (χ0) is 16.0. The van der Waals surface area contributed by atoms with Gasteiger partial charge in [-0.1, -0.05) is 0 Å². The van der Waals surface area contributed by atoms with Gasteiger partial charge < -0.3 is 15.1 Å². The first-order chi connectivity index (χ1) is 11.1. The van der Waals surface area contributed by atoms with Crippen molar-refractivity contribution in [3.8, 4) is 0 Å². The summed E-state index contributed by atoms with van der Waals surface area (Å²) in [5.74, 6) is 0.706. The van der Waals surface area contributed by atoms with Crippen molar-refractivity contribution in [3.05, 3.63) is 23.3 Å². The van der Waals surface area contributed by atoms with E-state index in [1.54, 1.807) is 11.3 Å². The number of carbonyl (C=O) groups is 1. The third-order valence-electron chi connectivity index (χ3n) is 4.96. The van der Waals surface area contributed by atoms with Crippen molar-refractivity contribution in [2.45, 2.75) is 18.9 Å². The van der Waals surface area contributed by atoms with Gasteiger partial charge >= 0.3 is 0 Å². The maximum Gasteiger partial charge on any atom is 0.270 e. The van der Waals surface area contributed by atoms with Crippen molar-refractivity contribution in [3.63, 3.8) is 0 Å². The van der Waals surface area contributed by atoms with Crippen LogP contribution in [-0.4, -0.2) is 55.6 Å². The van der Waals surface area contributed by atoms with Crippen LogP contribution in [0.3, 0.4) is 0 Å². The molecule has 0 aliphatic carbocycles. The summed E-state index contributed by atoms with van der Waals surface area (Å²) < 4.78 is 1.12. The number of pyridine rings is 1. The molecule has 0 radical (unpaired) electrons. The summed E-state index contributed by atoms with van der Waals surface area (Å²) in [6, 6.07) is 2.19. The Hall–Kier alpha value is -1.66. The molecule has 2 aliphatic heterocycles. The molecule has 6 heteroatoms. The summed E-state index contributed by atoms with van der Waals surface area (Å²) in [6.07, 6.45) is 4.19. The van der Waals surface area contributed by atoms with Crippen molar-refractivity contribution in [2.24, 2.45) is 5.92 Å². The van der Waals surface area contributed by atoms with Crippen LogP contribution in [0.4, 0.5) is 5.69 Å². The van der Waals surface area contributed by atoms with E-state index in [9.17, 15) is 4.79 Å². The molecule has 0 aromatic carbocycles. The number of aromatic nitrogens is 1. The number of anilines is 1. The highest BCUT2D eigenvalue weighted by molar-refractivity contribution is 7.17. The summed E-state index contributed by atoms with van der Waals surface area (Å²) in [4.78, 5) is 21.5. The van der Waals surface area contributed by atoms with Gasteiger partial charge in [-0.2, -0.15) is 0 Å². The predicted octanol–water partition coefficient (Wildman–Crippen LogP) is 2.19. The van der Waals surface area contributed by atoms with Gasteiger partial charge in [-0.15, -0.1) is 11.3 Å². The molecular formula is C17H22N4OS. The second kappa shape index (κ2) is 5.76. The van der Waals surface area contributed by atoms with Crippen molar-refractivity contribution in [1.29, 1.82) is 0 Å². The van der Waals surface area contributed by atoms with Crippen molar-refractivity contribution in [1.82, 2.24) is 15.2 Å². The Morgan fingerprint density at radius 3 is 3.09 bits per heavy atom. The number of thiophene rings is 1. The normalized spacial score (nSPS) is 26.4. The standard InChI is InChI=1S/C17H22N4OS/c1-20(2)15-10-23-16-7-18-14(6-13(15)16)17(22)19-12-5-11-3-4-21(8-11)9-12/h6-7,10-12H,3-5,8-9H2,1-2H3,(H,19,22)/t11-,12+/m0/s1. The molecule has 1 amide bonds. The first-order valence-electron chi connectivity index (χ1n) is 8.18. The molecule has 3 atom stereocenters. The first kappa shape index (κ1) is 14.9. The molecule has 122 valence electrons. The summed E-state index contributed by atoms with van der Waals surface area (Å²) in [6.45, 7) is 3.37. The molecule has 2 bridgehead atoms. The highest BCUT2D eigenvalue weighted by atomic mass is 32.1. The molecule has 0 spiro atoms. The molecule has 4 heterocycles. The monoisotopic (exact) mass is 330 g/mol. The molecule has 0 saturated carbocycles. The molecule has 4 rings (SSSR count). The minimum Gasteiger partial charge on any atom is -0.376 e. The van der Waals surface area contributed by atoms with E-state index in [0.29, 0.717) is 5.69 Å². The lowest BCUT2D eigenvalue weighted by molar-refractivity contribution is 0.0904. The Morgan fingerprint density at radius 2 is 2.30 bits per heavy atom. The Kier molecular flexibility index (Phi) is 3.73. The Balaban J connectivity index is 1.54.